The molecule has 0 N–H and O–H groups in total. The van der Waals surface area contributed by atoms with Crippen LogP contribution in [-0.4, -0.2) is 30.5 Å². The lowest BCUT2D eigenvalue weighted by molar-refractivity contribution is 0.0671. The van der Waals surface area contributed by atoms with E-state index in [4.69, 9.17) is 0 Å². The van der Waals surface area contributed by atoms with Crippen LogP contribution < -0.4 is 0 Å². The number of alkyl halides is 2. The summed E-state index contributed by atoms with van der Waals surface area (Å²) < 4.78 is 27.6. The molecule has 2 atom stereocenters. The van der Waals surface area contributed by atoms with Gasteiger partial charge in [-0.2, -0.15) is 0 Å². The summed E-state index contributed by atoms with van der Waals surface area (Å²) in [5.41, 5.74) is 1.82. The highest BCUT2D eigenvalue weighted by atomic mass is 19.3. The van der Waals surface area contributed by atoms with Crippen LogP contribution in [0.2, 0.25) is 0 Å². The molecule has 1 saturated carbocycles. The summed E-state index contributed by atoms with van der Waals surface area (Å²) >= 11 is 0. The standard InChI is InChI=1S/C24H37F2N/c1-4-19-13-16-27(17-19)18-22(23(2)14-6-5-7-15-23)20-9-8-10-21(12-11-20)24(3,25)26/h8-10,12,19,22H,4-7,11,13-18H2,1-3H3/t19-,22?/m1/s1. The Balaban J connectivity index is 1.81. The Morgan fingerprint density at radius 2 is 2.00 bits per heavy atom. The van der Waals surface area contributed by atoms with Gasteiger partial charge in [-0.05, 0) is 49.5 Å². The fourth-order valence-electron chi connectivity index (χ4n) is 5.39. The summed E-state index contributed by atoms with van der Waals surface area (Å²) in [5, 5.41) is 0. The predicted octanol–water partition coefficient (Wildman–Crippen LogP) is 6.77. The summed E-state index contributed by atoms with van der Waals surface area (Å²) in [4.78, 5) is 2.65. The van der Waals surface area contributed by atoms with Crippen molar-refractivity contribution in [1.29, 1.82) is 0 Å². The molecule has 1 nitrogen and oxygen atoms in total. The lowest BCUT2D eigenvalue weighted by atomic mass is 9.64. The average Bonchev–Trinajstić information content (AvgIpc) is 2.93. The molecule has 27 heavy (non-hydrogen) atoms. The van der Waals surface area contributed by atoms with E-state index in [1.165, 1.54) is 63.6 Å². The lowest BCUT2D eigenvalue weighted by Crippen LogP contribution is -2.39. The molecule has 0 spiro atoms. The van der Waals surface area contributed by atoms with Crippen molar-refractivity contribution in [1.82, 2.24) is 4.90 Å². The van der Waals surface area contributed by atoms with Gasteiger partial charge in [0.1, 0.15) is 0 Å². The molecule has 1 heterocycles. The van der Waals surface area contributed by atoms with E-state index >= 15 is 0 Å². The summed E-state index contributed by atoms with van der Waals surface area (Å²) in [6, 6.07) is 0. The molecule has 152 valence electrons. The van der Waals surface area contributed by atoms with Gasteiger partial charge in [0.2, 0.25) is 0 Å². The first kappa shape index (κ1) is 20.8. The zero-order valence-corrected chi connectivity index (χ0v) is 17.4. The third kappa shape index (κ3) is 5.10. The van der Waals surface area contributed by atoms with Crippen molar-refractivity contribution >= 4 is 0 Å². The zero-order chi connectivity index (χ0) is 19.5. The second-order valence-corrected chi connectivity index (χ2v) is 9.44. The molecular formula is C24H37F2N. The Kier molecular flexibility index (Phi) is 6.61. The topological polar surface area (TPSA) is 3.24 Å². The van der Waals surface area contributed by atoms with Crippen molar-refractivity contribution in [2.45, 2.75) is 78.1 Å². The molecule has 1 aliphatic heterocycles. The summed E-state index contributed by atoms with van der Waals surface area (Å²) in [5.74, 6) is -1.45. The minimum absolute atomic E-state index is 0.161. The SMILES string of the molecule is CC[C@@H]1CCN(CC(C2=CC=CC(C(C)(F)F)=CC2)C2(C)CCCCC2)C1. The molecule has 3 heteroatoms. The molecular weight excluding hydrogens is 340 g/mol. The van der Waals surface area contributed by atoms with Gasteiger partial charge >= 0.3 is 0 Å². The van der Waals surface area contributed by atoms with Gasteiger partial charge < -0.3 is 4.90 Å². The van der Waals surface area contributed by atoms with Crippen molar-refractivity contribution < 1.29 is 8.78 Å². The maximum absolute atomic E-state index is 13.8. The fourth-order valence-corrected chi connectivity index (χ4v) is 5.39. The molecule has 2 aliphatic carbocycles. The van der Waals surface area contributed by atoms with Gasteiger partial charge in [-0.3, -0.25) is 0 Å². The third-order valence-corrected chi connectivity index (χ3v) is 7.32. The van der Waals surface area contributed by atoms with Crippen molar-refractivity contribution in [2.24, 2.45) is 17.3 Å². The van der Waals surface area contributed by atoms with Crippen LogP contribution >= 0.6 is 0 Å². The van der Waals surface area contributed by atoms with E-state index < -0.39 is 5.92 Å². The smallest absolute Gasteiger partial charge is 0.270 e. The quantitative estimate of drug-likeness (QED) is 0.493. The van der Waals surface area contributed by atoms with Gasteiger partial charge in [0.05, 0.1) is 0 Å². The van der Waals surface area contributed by atoms with E-state index in [-0.39, 0.29) is 5.57 Å². The van der Waals surface area contributed by atoms with Gasteiger partial charge in [-0.1, -0.05) is 69.4 Å². The van der Waals surface area contributed by atoms with Crippen molar-refractivity contribution in [3.8, 4) is 0 Å². The largest absolute Gasteiger partial charge is 0.302 e. The van der Waals surface area contributed by atoms with Crippen LogP contribution in [0.5, 0.6) is 0 Å². The minimum Gasteiger partial charge on any atom is -0.302 e. The summed E-state index contributed by atoms with van der Waals surface area (Å²) in [6.45, 7) is 9.26. The molecule has 3 rings (SSSR count). The van der Waals surface area contributed by atoms with Crippen LogP contribution in [0.1, 0.15) is 72.1 Å². The van der Waals surface area contributed by atoms with Crippen LogP contribution in [0, 0.1) is 17.3 Å². The first-order valence-electron chi connectivity index (χ1n) is 11.0. The molecule has 0 amide bonds. The number of hydrogen-bond acceptors (Lipinski definition) is 1. The van der Waals surface area contributed by atoms with Gasteiger partial charge in [0.25, 0.3) is 5.92 Å². The van der Waals surface area contributed by atoms with Gasteiger partial charge in [0, 0.05) is 25.6 Å². The summed E-state index contributed by atoms with van der Waals surface area (Å²) in [6.07, 6.45) is 17.1. The van der Waals surface area contributed by atoms with E-state index in [1.54, 1.807) is 12.2 Å². The van der Waals surface area contributed by atoms with E-state index in [9.17, 15) is 8.78 Å². The molecule has 0 aromatic carbocycles. The maximum Gasteiger partial charge on any atom is 0.270 e. The zero-order valence-electron chi connectivity index (χ0n) is 17.4. The lowest BCUT2D eigenvalue weighted by Gasteiger charge is -2.44. The number of nitrogens with zero attached hydrogens (tertiary/aromatic N) is 1. The Labute approximate surface area is 164 Å². The predicted molar refractivity (Wildman–Crippen MR) is 110 cm³/mol. The van der Waals surface area contributed by atoms with Gasteiger partial charge in [0.15, 0.2) is 0 Å². The molecule has 0 bridgehead atoms. The van der Waals surface area contributed by atoms with Crippen LogP contribution in [0.25, 0.3) is 0 Å². The first-order chi connectivity index (χ1) is 12.8. The third-order valence-electron chi connectivity index (χ3n) is 7.32. The Hall–Kier alpha value is -0.960. The van der Waals surface area contributed by atoms with Crippen molar-refractivity contribution in [3.63, 3.8) is 0 Å². The Morgan fingerprint density at radius 3 is 2.63 bits per heavy atom. The normalized spacial score (nSPS) is 27.8. The van der Waals surface area contributed by atoms with Crippen LogP contribution in [0.4, 0.5) is 8.78 Å². The van der Waals surface area contributed by atoms with Crippen LogP contribution in [-0.2, 0) is 0 Å². The van der Waals surface area contributed by atoms with Crippen LogP contribution in [0.3, 0.4) is 0 Å². The molecule has 0 radical (unpaired) electrons. The Bertz CT molecular complexity index is 590. The maximum atomic E-state index is 13.8. The molecule has 3 aliphatic rings. The van der Waals surface area contributed by atoms with E-state index in [2.05, 4.69) is 24.8 Å². The second kappa shape index (κ2) is 8.59. The number of rotatable bonds is 6. The highest BCUT2D eigenvalue weighted by Gasteiger charge is 2.39. The van der Waals surface area contributed by atoms with Crippen molar-refractivity contribution in [3.05, 3.63) is 35.5 Å². The minimum atomic E-state index is -2.76. The average molecular weight is 378 g/mol. The second-order valence-electron chi connectivity index (χ2n) is 9.44. The molecule has 2 fully saturated rings. The molecule has 0 aromatic heterocycles. The van der Waals surface area contributed by atoms with Crippen molar-refractivity contribution in [2.75, 3.05) is 19.6 Å². The number of likely N-dealkylation sites (tertiary alicyclic amines) is 1. The number of halogens is 2. The molecule has 0 aromatic rings. The highest BCUT2D eigenvalue weighted by molar-refractivity contribution is 5.35. The van der Waals surface area contributed by atoms with Gasteiger partial charge in [-0.25, -0.2) is 8.78 Å². The Morgan fingerprint density at radius 1 is 1.26 bits per heavy atom. The molecule has 1 unspecified atom stereocenters. The number of hydrogen-bond donors (Lipinski definition) is 0. The highest BCUT2D eigenvalue weighted by Crippen LogP contribution is 2.47. The van der Waals surface area contributed by atoms with E-state index in [0.717, 1.165) is 19.4 Å². The molecule has 1 saturated heterocycles. The first-order valence-corrected chi connectivity index (χ1v) is 11.0. The van der Waals surface area contributed by atoms with E-state index in [1.807, 2.05) is 6.08 Å². The number of allylic oxidation sites excluding steroid dienone is 5. The monoisotopic (exact) mass is 377 g/mol. The van der Waals surface area contributed by atoms with Gasteiger partial charge in [-0.15, -0.1) is 0 Å². The van der Waals surface area contributed by atoms with E-state index in [0.29, 0.717) is 17.8 Å². The fraction of sp³-hybridized carbons (Fsp3) is 0.750. The summed E-state index contributed by atoms with van der Waals surface area (Å²) in [7, 11) is 0. The van der Waals surface area contributed by atoms with Crippen LogP contribution in [0.15, 0.2) is 35.5 Å².